The minimum absolute atomic E-state index is 0.0501. The minimum Gasteiger partial charge on any atom is -0.481 e. The van der Waals surface area contributed by atoms with Crippen LogP contribution in [0.3, 0.4) is 0 Å². The van der Waals surface area contributed by atoms with Gasteiger partial charge in [-0.25, -0.2) is 0 Å². The van der Waals surface area contributed by atoms with E-state index in [1.165, 1.54) is 24.0 Å². The molecular weight excluding hydrogens is 276 g/mol. The van der Waals surface area contributed by atoms with Crippen molar-refractivity contribution >= 4 is 11.7 Å². The molecule has 0 saturated carbocycles. The molecule has 1 aromatic carbocycles. The minimum atomic E-state index is -0.809. The van der Waals surface area contributed by atoms with Crippen LogP contribution in [0.15, 0.2) is 36.5 Å². The fraction of sp³-hybridized carbons (Fsp3) is 0.333. The average Bonchev–Trinajstić information content (AvgIpc) is 2.52. The number of hydrogen-bond donors (Lipinski definition) is 2. The van der Waals surface area contributed by atoms with Crippen molar-refractivity contribution in [1.82, 2.24) is 4.98 Å². The lowest BCUT2D eigenvalue weighted by atomic mass is 9.91. The molecule has 2 aromatic rings. The fourth-order valence-corrected chi connectivity index (χ4v) is 3.04. The number of anilines is 1. The molecule has 0 unspecified atom stereocenters. The first-order valence-electron chi connectivity index (χ1n) is 7.72. The van der Waals surface area contributed by atoms with E-state index >= 15 is 0 Å². The Hall–Kier alpha value is -2.36. The molecule has 4 heteroatoms. The van der Waals surface area contributed by atoms with Crippen LogP contribution in [0.5, 0.6) is 0 Å². The van der Waals surface area contributed by atoms with Gasteiger partial charge in [0.25, 0.3) is 0 Å². The Morgan fingerprint density at radius 2 is 2.09 bits per heavy atom. The monoisotopic (exact) mass is 296 g/mol. The van der Waals surface area contributed by atoms with Gasteiger partial charge in [0, 0.05) is 11.9 Å². The van der Waals surface area contributed by atoms with Crippen molar-refractivity contribution < 1.29 is 9.90 Å². The number of rotatable bonds is 5. The van der Waals surface area contributed by atoms with Crippen molar-refractivity contribution in [3.05, 3.63) is 58.9 Å². The summed E-state index contributed by atoms with van der Waals surface area (Å²) in [5.41, 5.74) is 5.68. The third-order valence-corrected chi connectivity index (χ3v) is 4.11. The Morgan fingerprint density at radius 1 is 1.23 bits per heavy atom. The molecule has 0 bridgehead atoms. The van der Waals surface area contributed by atoms with E-state index in [1.54, 1.807) is 0 Å². The average molecular weight is 296 g/mol. The molecule has 22 heavy (non-hydrogen) atoms. The van der Waals surface area contributed by atoms with Crippen molar-refractivity contribution in [1.29, 1.82) is 0 Å². The van der Waals surface area contributed by atoms with Crippen LogP contribution in [0, 0.1) is 0 Å². The Labute approximate surface area is 130 Å². The highest BCUT2D eigenvalue weighted by atomic mass is 16.4. The summed E-state index contributed by atoms with van der Waals surface area (Å²) in [5.74, 6) is -0.809. The smallest absolute Gasteiger partial charge is 0.307 e. The normalized spacial score (nSPS) is 13.5. The van der Waals surface area contributed by atoms with E-state index in [9.17, 15) is 4.79 Å². The summed E-state index contributed by atoms with van der Waals surface area (Å²) in [6.07, 6.45) is 6.70. The van der Waals surface area contributed by atoms with Crippen molar-refractivity contribution in [3.8, 4) is 0 Å². The molecule has 0 amide bonds. The number of aromatic nitrogens is 1. The van der Waals surface area contributed by atoms with Crippen LogP contribution < -0.4 is 5.32 Å². The molecule has 4 nitrogen and oxygen atoms in total. The number of pyridine rings is 1. The van der Waals surface area contributed by atoms with E-state index in [-0.39, 0.29) is 6.42 Å². The van der Waals surface area contributed by atoms with E-state index in [4.69, 9.17) is 5.11 Å². The lowest BCUT2D eigenvalue weighted by molar-refractivity contribution is -0.136. The highest BCUT2D eigenvalue weighted by molar-refractivity contribution is 5.70. The summed E-state index contributed by atoms with van der Waals surface area (Å²) in [7, 11) is 0. The Bertz CT molecular complexity index is 683. The molecule has 114 valence electrons. The molecule has 0 spiro atoms. The maximum atomic E-state index is 10.8. The van der Waals surface area contributed by atoms with Gasteiger partial charge in [-0.1, -0.05) is 12.1 Å². The quantitative estimate of drug-likeness (QED) is 0.889. The first kappa shape index (κ1) is 14.6. The third-order valence-electron chi connectivity index (χ3n) is 4.11. The molecule has 0 aliphatic heterocycles. The van der Waals surface area contributed by atoms with Crippen molar-refractivity contribution in [2.24, 2.45) is 0 Å². The van der Waals surface area contributed by atoms with Gasteiger partial charge in [0.1, 0.15) is 0 Å². The van der Waals surface area contributed by atoms with Gasteiger partial charge in [0.15, 0.2) is 0 Å². The van der Waals surface area contributed by atoms with Gasteiger partial charge < -0.3 is 10.4 Å². The largest absolute Gasteiger partial charge is 0.481 e. The molecule has 2 N–H and O–H groups in total. The molecule has 0 fully saturated rings. The first-order chi connectivity index (χ1) is 10.7. The number of aliphatic carboxylic acids is 1. The summed E-state index contributed by atoms with van der Waals surface area (Å²) in [5, 5.41) is 12.2. The maximum absolute atomic E-state index is 10.8. The number of carboxylic acids is 1. The second kappa shape index (κ2) is 6.60. The molecule has 1 heterocycles. The van der Waals surface area contributed by atoms with Crippen molar-refractivity contribution in [3.63, 3.8) is 0 Å². The lowest BCUT2D eigenvalue weighted by Crippen LogP contribution is -2.11. The number of nitrogens with zero attached hydrogens (tertiary/aromatic N) is 1. The molecular formula is C18H20N2O2. The van der Waals surface area contributed by atoms with Gasteiger partial charge in [0.05, 0.1) is 18.7 Å². The molecule has 1 aliphatic carbocycles. The standard InChI is InChI=1S/C18H20N2O2/c21-18(22)11-13-4-3-6-15(10-13)20-12-17-16-7-2-1-5-14(16)8-9-19-17/h3-4,6,8-10,20H,1-2,5,7,11-12H2,(H,21,22). The van der Waals surface area contributed by atoms with E-state index in [0.717, 1.165) is 29.8 Å². The zero-order valence-electron chi connectivity index (χ0n) is 12.5. The van der Waals surface area contributed by atoms with Gasteiger partial charge >= 0.3 is 5.97 Å². The molecule has 0 radical (unpaired) electrons. The van der Waals surface area contributed by atoms with E-state index < -0.39 is 5.97 Å². The summed E-state index contributed by atoms with van der Waals surface area (Å²) >= 11 is 0. The highest BCUT2D eigenvalue weighted by Gasteiger charge is 2.13. The molecule has 0 saturated heterocycles. The number of nitrogens with one attached hydrogen (secondary N) is 1. The van der Waals surface area contributed by atoms with E-state index in [1.807, 2.05) is 30.5 Å². The van der Waals surface area contributed by atoms with Crippen LogP contribution in [-0.4, -0.2) is 16.1 Å². The Kier molecular flexibility index (Phi) is 4.37. The molecule has 1 aromatic heterocycles. The number of benzene rings is 1. The van der Waals surface area contributed by atoms with Gasteiger partial charge in [-0.2, -0.15) is 0 Å². The van der Waals surface area contributed by atoms with Crippen molar-refractivity contribution in [2.75, 3.05) is 5.32 Å². The second-order valence-electron chi connectivity index (χ2n) is 5.73. The molecule has 1 aliphatic rings. The number of hydrogen-bond acceptors (Lipinski definition) is 3. The summed E-state index contributed by atoms with van der Waals surface area (Å²) in [6.45, 7) is 0.680. The van der Waals surface area contributed by atoms with Crippen LogP contribution >= 0.6 is 0 Å². The second-order valence-corrected chi connectivity index (χ2v) is 5.73. The third kappa shape index (κ3) is 3.45. The SMILES string of the molecule is O=C(O)Cc1cccc(NCc2nccc3c2CCCC3)c1. The number of carboxylic acid groups (broad SMARTS) is 1. The number of fused-ring (bicyclic) bond motifs is 1. The van der Waals surface area contributed by atoms with Crippen LogP contribution in [0.25, 0.3) is 0 Å². The zero-order valence-corrected chi connectivity index (χ0v) is 12.5. The van der Waals surface area contributed by atoms with Gasteiger partial charge in [-0.05, 0) is 60.6 Å². The Balaban J connectivity index is 1.71. The highest BCUT2D eigenvalue weighted by Crippen LogP contribution is 2.23. The summed E-state index contributed by atoms with van der Waals surface area (Å²) < 4.78 is 0. The van der Waals surface area contributed by atoms with Crippen LogP contribution in [-0.2, 0) is 30.6 Å². The number of carbonyl (C=O) groups is 1. The van der Waals surface area contributed by atoms with Crippen molar-refractivity contribution in [2.45, 2.75) is 38.6 Å². The zero-order chi connectivity index (χ0) is 15.4. The van der Waals surface area contributed by atoms with Gasteiger partial charge in [0.2, 0.25) is 0 Å². The Morgan fingerprint density at radius 3 is 2.95 bits per heavy atom. The van der Waals surface area contributed by atoms with E-state index in [2.05, 4.69) is 16.4 Å². The van der Waals surface area contributed by atoms with Gasteiger partial charge in [-0.15, -0.1) is 0 Å². The van der Waals surface area contributed by atoms with Gasteiger partial charge in [-0.3, -0.25) is 9.78 Å². The van der Waals surface area contributed by atoms with Crippen LogP contribution in [0.1, 0.15) is 35.2 Å². The summed E-state index contributed by atoms with van der Waals surface area (Å²) in [4.78, 5) is 15.3. The number of aryl methyl sites for hydroxylation is 1. The van der Waals surface area contributed by atoms with Crippen LogP contribution in [0.2, 0.25) is 0 Å². The molecule has 0 atom stereocenters. The predicted octanol–water partition coefficient (Wildman–Crippen LogP) is 3.20. The maximum Gasteiger partial charge on any atom is 0.307 e. The first-order valence-corrected chi connectivity index (χ1v) is 7.72. The topological polar surface area (TPSA) is 62.2 Å². The fourth-order valence-electron chi connectivity index (χ4n) is 3.04. The summed E-state index contributed by atoms with van der Waals surface area (Å²) in [6, 6.07) is 9.70. The predicted molar refractivity (Wildman–Crippen MR) is 86.0 cm³/mol. The lowest BCUT2D eigenvalue weighted by Gasteiger charge is -2.19. The van der Waals surface area contributed by atoms with E-state index in [0.29, 0.717) is 6.54 Å². The van der Waals surface area contributed by atoms with Crippen LogP contribution in [0.4, 0.5) is 5.69 Å². The molecule has 3 rings (SSSR count).